The zero-order chi connectivity index (χ0) is 88.1. The third-order valence-electron chi connectivity index (χ3n) is 18.8. The van der Waals surface area contributed by atoms with Gasteiger partial charge in [-0.1, -0.05) is 360 Å². The van der Waals surface area contributed by atoms with E-state index < -0.39 is 66.8 Å². The lowest BCUT2D eigenvalue weighted by Gasteiger charge is -2.35. The van der Waals surface area contributed by atoms with Crippen LogP contribution in [0.3, 0.4) is 0 Å². The van der Waals surface area contributed by atoms with Crippen LogP contribution in [0.2, 0.25) is 0 Å². The maximum atomic E-state index is 12.4. The average Bonchev–Trinajstić information content (AvgIpc) is 1.75. The fraction of sp³-hybridized carbons (Fsp3) is 1.00. The van der Waals surface area contributed by atoms with Crippen molar-refractivity contribution in [1.29, 1.82) is 0 Å². The molecule has 4 rings (SSSR count). The zero-order valence-corrected chi connectivity index (χ0v) is 75.7. The van der Waals surface area contributed by atoms with Crippen LogP contribution in [0.5, 0.6) is 0 Å². The van der Waals surface area contributed by atoms with Crippen molar-refractivity contribution in [2.45, 2.75) is 455 Å². The third kappa shape index (κ3) is 95.2. The maximum absolute atomic E-state index is 12.4. The molecule has 4 aliphatic carbocycles. The molecule has 0 heterocycles. The Morgan fingerprint density at radius 1 is 0.346 bits per heavy atom. The Balaban J connectivity index is -0.000000120. The molecule has 0 saturated heterocycles. The highest BCUT2D eigenvalue weighted by Crippen LogP contribution is 2.46. The Kier molecular flexibility index (Phi) is 74.4. The van der Waals surface area contributed by atoms with Crippen molar-refractivity contribution in [1.82, 2.24) is 0 Å². The summed E-state index contributed by atoms with van der Waals surface area (Å²) < 4.78 is 201. The van der Waals surface area contributed by atoms with Crippen LogP contribution in [-0.4, -0.2) is 30.9 Å². The standard InChI is InChI=1S/2C9H15F3.C8H13F3.C8H16.2C7H16.C6H11F3.2C6H14.C5H9F3.2C5H12.2C4H10/c1-6-3-7(2)5-8(4-6)9(10,11)12;1-6-4-3-5-8(7(6)2)9(10,11)12;1-5-3-6(2)7(4-5)8(9,10)11;1-6-4-5-7(2)8(6)3;2*1-5-6-7(2,3)4;1-3-4-5(2)6(7,8)9;1-5-6(2,3)4;1-4-5-6(2)3;1-3-4(2)5(6,7)8;1-4-5(2)3;1-3-5-4-2;2*1-4(2)3/h2*6-8H,3-5H2,1-2H3;5-7H,3-4H2,1-2H3;6-8H,4-5H2,1-3H3;2*5-6H2,1-4H3;5H,3-4H2,1-2H3;5H2,1-4H3;6H,4-5H2,1-3H3;4H,3H2,1-2H3;5H,4H2,1-3H3;3-5H2,1-2H3;2*4H,1-3H3/t6-,7?,8?;6?,7-,8?;5-,6?,7?;;;;;;;;;;;/m010.........../s1/i;;;;;;;5D2;;;;;4D;. The number of alkyl halides is 15. The van der Waals surface area contributed by atoms with E-state index in [0.717, 1.165) is 61.2 Å². The van der Waals surface area contributed by atoms with Gasteiger partial charge in [0.2, 0.25) is 0 Å². The molecule has 0 radical (unpaired) electrons. The number of halogens is 15. The molecule has 0 spiro atoms. The number of hydrogen-bond acceptors (Lipinski definition) is 0. The Bertz CT molecular complexity index is 1820. The number of rotatable bonds is 10. The van der Waals surface area contributed by atoms with E-state index >= 15 is 0 Å². The highest BCUT2D eigenvalue weighted by molar-refractivity contribution is 4.84. The van der Waals surface area contributed by atoms with Gasteiger partial charge in [-0.05, 0) is 157 Å². The minimum Gasteiger partial charge on any atom is -0.171 e. The van der Waals surface area contributed by atoms with Crippen LogP contribution in [0.15, 0.2) is 0 Å². The van der Waals surface area contributed by atoms with Crippen LogP contribution in [0, 0.1) is 123 Å². The van der Waals surface area contributed by atoms with Crippen molar-refractivity contribution < 1.29 is 70.0 Å². The van der Waals surface area contributed by atoms with Crippen molar-refractivity contribution >= 4 is 0 Å². The van der Waals surface area contributed by atoms with Gasteiger partial charge >= 0.3 is 30.9 Å². The fourth-order valence-electron chi connectivity index (χ4n) is 11.1. The molecule has 0 N–H and O–H groups in total. The van der Waals surface area contributed by atoms with E-state index in [-0.39, 0.29) is 59.7 Å². The molecule has 0 aromatic heterocycles. The summed E-state index contributed by atoms with van der Waals surface area (Å²) in [5, 5.41) is 0. The molecule has 4 saturated carbocycles. The minimum absolute atomic E-state index is 0.170. The molecule has 15 heteroatoms. The molecule has 104 heavy (non-hydrogen) atoms. The second-order valence-electron chi connectivity index (χ2n) is 36.9. The quantitative estimate of drug-likeness (QED) is 0.191. The van der Waals surface area contributed by atoms with Crippen molar-refractivity contribution in [3.8, 4) is 0 Å². The van der Waals surface area contributed by atoms with Gasteiger partial charge in [0.1, 0.15) is 0 Å². The third-order valence-corrected chi connectivity index (χ3v) is 18.8. The van der Waals surface area contributed by atoms with E-state index in [1.165, 1.54) is 97.8 Å². The Morgan fingerprint density at radius 2 is 0.663 bits per heavy atom. The van der Waals surface area contributed by atoms with E-state index in [2.05, 4.69) is 152 Å². The van der Waals surface area contributed by atoms with Gasteiger partial charge in [-0.3, -0.25) is 0 Å². The summed E-state index contributed by atoms with van der Waals surface area (Å²) in [5.74, 6) is 0.474. The van der Waals surface area contributed by atoms with Crippen LogP contribution in [-0.2, 0) is 0 Å². The van der Waals surface area contributed by atoms with E-state index in [4.69, 9.17) is 4.11 Å². The van der Waals surface area contributed by atoms with E-state index in [0.29, 0.717) is 42.9 Å². The number of hydrogen-bond donors (Lipinski definition) is 0. The van der Waals surface area contributed by atoms with Crippen molar-refractivity contribution in [2.24, 2.45) is 123 Å². The van der Waals surface area contributed by atoms with Crippen LogP contribution in [0.4, 0.5) is 65.9 Å². The average molecular weight is 1540 g/mol. The maximum Gasteiger partial charge on any atom is 0.392 e. The van der Waals surface area contributed by atoms with E-state index in [9.17, 15) is 65.9 Å². The second-order valence-corrected chi connectivity index (χ2v) is 36.9. The topological polar surface area (TPSA) is 0 Å². The molecule has 0 amide bonds. The molecule has 0 bridgehead atoms. The van der Waals surface area contributed by atoms with E-state index in [1.807, 2.05) is 69.2 Å². The van der Waals surface area contributed by atoms with Gasteiger partial charge in [-0.15, -0.1) is 0 Å². The molecule has 0 nitrogen and oxygen atoms in total. The summed E-state index contributed by atoms with van der Waals surface area (Å²) in [6, 6.07) is 0. The largest absolute Gasteiger partial charge is 0.392 e. The minimum atomic E-state index is -3.99. The highest BCUT2D eigenvalue weighted by atomic mass is 19.4. The van der Waals surface area contributed by atoms with Gasteiger partial charge in [0, 0.05) is 4.11 Å². The first-order valence-electron chi connectivity index (χ1n) is 42.8. The fourth-order valence-corrected chi connectivity index (χ4v) is 11.1. The summed E-state index contributed by atoms with van der Waals surface area (Å²) >= 11 is 0. The summed E-state index contributed by atoms with van der Waals surface area (Å²) in [5.41, 5.74) is 0.872. The molecule has 644 valence electrons. The molecule has 10 unspecified atom stereocenters. The molecule has 4 fully saturated rings. The van der Waals surface area contributed by atoms with Gasteiger partial charge < -0.3 is 0 Å². The van der Waals surface area contributed by atoms with Crippen molar-refractivity contribution in [2.75, 3.05) is 0 Å². The Labute approximate surface area is 645 Å². The van der Waals surface area contributed by atoms with Crippen molar-refractivity contribution in [3.63, 3.8) is 0 Å². The van der Waals surface area contributed by atoms with E-state index in [1.54, 1.807) is 27.7 Å². The lowest BCUT2D eigenvalue weighted by Crippen LogP contribution is -2.35. The van der Waals surface area contributed by atoms with Gasteiger partial charge in [0.25, 0.3) is 0 Å². The first kappa shape index (κ1) is 116. The zero-order valence-electron chi connectivity index (χ0n) is 78.7. The smallest absolute Gasteiger partial charge is 0.171 e. The summed E-state index contributed by atoms with van der Waals surface area (Å²) in [7, 11) is 0. The first-order valence-corrected chi connectivity index (χ1v) is 41.3. The predicted octanol–water partition coefficient (Wildman–Crippen LogP) is 36.9. The first-order chi connectivity index (χ1) is 47.5. The van der Waals surface area contributed by atoms with Crippen LogP contribution in [0.25, 0.3) is 0 Å². The summed E-state index contributed by atoms with van der Waals surface area (Å²) in [6.07, 6.45) is 1.02. The number of unbranched alkanes of at least 4 members (excludes halogenated alkanes) is 2. The lowest BCUT2D eigenvalue weighted by atomic mass is 9.73. The normalized spacial score (nSPS) is 24.4. The van der Waals surface area contributed by atoms with Crippen LogP contribution in [0.1, 0.15) is 428 Å². The van der Waals surface area contributed by atoms with Gasteiger partial charge in [-0.25, -0.2) is 0 Å². The van der Waals surface area contributed by atoms with Gasteiger partial charge in [0.05, 0.1) is 29.6 Å². The van der Waals surface area contributed by atoms with Gasteiger partial charge in [0.15, 0.2) is 0 Å². The second kappa shape index (κ2) is 66.5. The molecule has 13 atom stereocenters. The Morgan fingerprint density at radius 3 is 0.788 bits per heavy atom. The lowest BCUT2D eigenvalue weighted by molar-refractivity contribution is -0.199. The monoisotopic (exact) mass is 1540 g/mol. The SMILES string of the molecule is CC(C)C.CC1CC(C(F)(F)F)C[C@@H](C)C1.CC1CCC(C)C1C.CC1CCCC(C(F)(F)F)[C@@H]1C.CC1C[C@H](C)CC1C(F)(F)F.CCC(C)C.CCC(C)C(F)(F)F.CCCC(C)(C)C.CCCC(C)(C)C.CCCC(C)C.CCCC(C)C(F)(F)F.CCCCC.[2H]C(C)(C)C.[2H]C([2H])(C)C(C)(C)C. The summed E-state index contributed by atoms with van der Waals surface area (Å²) in [4.78, 5) is 0. The Hall–Kier alpha value is -1.05. The highest BCUT2D eigenvalue weighted by Gasteiger charge is 2.48. The van der Waals surface area contributed by atoms with Gasteiger partial charge in [-0.2, -0.15) is 65.9 Å². The predicted molar refractivity (Wildman–Crippen MR) is 432 cm³/mol. The van der Waals surface area contributed by atoms with Crippen LogP contribution >= 0.6 is 0 Å². The van der Waals surface area contributed by atoms with Crippen LogP contribution < -0.4 is 0 Å². The molecule has 0 aromatic carbocycles. The summed E-state index contributed by atoms with van der Waals surface area (Å²) in [6.45, 7) is 79.1. The van der Waals surface area contributed by atoms with Crippen molar-refractivity contribution in [3.05, 3.63) is 0 Å². The molecule has 0 aromatic rings. The molecular weight excluding hydrogens is 1350 g/mol. The molecule has 0 aliphatic heterocycles. The molecular formula is C89H183F15. The molecule has 4 aliphatic rings.